The minimum absolute atomic E-state index is 0.725. The van der Waals surface area contributed by atoms with E-state index in [-0.39, 0.29) is 0 Å². The van der Waals surface area contributed by atoms with Gasteiger partial charge in [-0.25, -0.2) is 0 Å². The van der Waals surface area contributed by atoms with E-state index in [2.05, 4.69) is 13.8 Å². The van der Waals surface area contributed by atoms with Gasteiger partial charge < -0.3 is 4.74 Å². The van der Waals surface area contributed by atoms with Crippen molar-refractivity contribution in [1.29, 1.82) is 0 Å². The lowest BCUT2D eigenvalue weighted by Gasteiger charge is -2.32. The Kier molecular flexibility index (Phi) is 8.41. The van der Waals surface area contributed by atoms with Crippen LogP contribution in [0.1, 0.15) is 104 Å². The minimum atomic E-state index is 0.725. The van der Waals surface area contributed by atoms with Crippen LogP contribution in [0.2, 0.25) is 0 Å². The summed E-state index contributed by atoms with van der Waals surface area (Å²) in [5.41, 5.74) is 1.75. The van der Waals surface area contributed by atoms with E-state index in [1.807, 2.05) is 0 Å². The second-order valence-corrected chi connectivity index (χ2v) is 7.51. The average Bonchev–Trinajstić information content (AvgIpc) is 2.58. The van der Waals surface area contributed by atoms with Gasteiger partial charge in [0.15, 0.2) is 0 Å². The summed E-state index contributed by atoms with van der Waals surface area (Å²) in [7, 11) is 0. The third kappa shape index (κ3) is 5.32. The molecule has 2 atom stereocenters. The Balaban J connectivity index is 2.21. The zero-order valence-electron chi connectivity index (χ0n) is 15.2. The molecule has 0 N–H and O–H groups in total. The van der Waals surface area contributed by atoms with E-state index in [4.69, 9.17) is 4.74 Å². The van der Waals surface area contributed by atoms with E-state index in [0.29, 0.717) is 0 Å². The lowest BCUT2D eigenvalue weighted by molar-refractivity contribution is 0.138. The molecule has 0 bridgehead atoms. The molecule has 22 heavy (non-hydrogen) atoms. The summed E-state index contributed by atoms with van der Waals surface area (Å²) >= 11 is 0. The van der Waals surface area contributed by atoms with Crippen molar-refractivity contribution in [3.63, 3.8) is 0 Å². The Morgan fingerprint density at radius 2 is 1.55 bits per heavy atom. The maximum absolute atomic E-state index is 6.31. The summed E-state index contributed by atoms with van der Waals surface area (Å²) in [6.07, 6.45) is 19.3. The van der Waals surface area contributed by atoms with Crippen LogP contribution >= 0.6 is 0 Å². The summed E-state index contributed by atoms with van der Waals surface area (Å²) in [5.74, 6) is 3.02. The van der Waals surface area contributed by atoms with Gasteiger partial charge in [-0.05, 0) is 50.0 Å². The molecule has 1 nitrogen and oxygen atoms in total. The monoisotopic (exact) mass is 306 g/mol. The van der Waals surface area contributed by atoms with Crippen molar-refractivity contribution in [1.82, 2.24) is 0 Å². The van der Waals surface area contributed by atoms with Crippen LogP contribution in [0.5, 0.6) is 0 Å². The standard InChI is InChI=1S/C21H38O/c1-3-5-13-18-14-9-7-6-8-10-15-19(12-4-2)21-20(18)16-11-17-22-21/h18-19H,3-17H2,1-2H3. The first kappa shape index (κ1) is 17.9. The molecule has 1 heteroatoms. The van der Waals surface area contributed by atoms with Crippen LogP contribution < -0.4 is 0 Å². The summed E-state index contributed by atoms with van der Waals surface area (Å²) in [6, 6.07) is 0. The first-order chi connectivity index (χ1) is 10.9. The third-order valence-electron chi connectivity index (χ3n) is 5.68. The van der Waals surface area contributed by atoms with Gasteiger partial charge in [0.25, 0.3) is 0 Å². The highest BCUT2D eigenvalue weighted by Crippen LogP contribution is 2.39. The van der Waals surface area contributed by atoms with Gasteiger partial charge in [0.2, 0.25) is 0 Å². The summed E-state index contributed by atoms with van der Waals surface area (Å²) < 4.78 is 6.31. The first-order valence-corrected chi connectivity index (χ1v) is 10.2. The lowest BCUT2D eigenvalue weighted by Crippen LogP contribution is -2.20. The first-order valence-electron chi connectivity index (χ1n) is 10.2. The Morgan fingerprint density at radius 1 is 0.818 bits per heavy atom. The van der Waals surface area contributed by atoms with Crippen LogP contribution in [0.15, 0.2) is 11.3 Å². The van der Waals surface area contributed by atoms with Crippen LogP contribution in [0.3, 0.4) is 0 Å². The van der Waals surface area contributed by atoms with E-state index in [1.165, 1.54) is 95.7 Å². The molecule has 0 saturated heterocycles. The average molecular weight is 307 g/mol. The number of hydrogen-bond acceptors (Lipinski definition) is 1. The van der Waals surface area contributed by atoms with Crippen molar-refractivity contribution >= 4 is 0 Å². The SMILES string of the molecule is CCCCC1CCCCCCCC(CCC)C2=C1CCCO2. The van der Waals surface area contributed by atoms with Gasteiger partial charge in [0.1, 0.15) is 0 Å². The molecule has 0 aromatic rings. The Hall–Kier alpha value is -0.460. The molecule has 0 spiro atoms. The summed E-state index contributed by atoms with van der Waals surface area (Å²) in [4.78, 5) is 0. The number of unbranched alkanes of at least 4 members (excludes halogenated alkanes) is 1. The Bertz CT molecular complexity index is 331. The quantitative estimate of drug-likeness (QED) is 0.530. The van der Waals surface area contributed by atoms with Gasteiger partial charge in [-0.1, -0.05) is 65.2 Å². The highest BCUT2D eigenvalue weighted by molar-refractivity contribution is 5.17. The largest absolute Gasteiger partial charge is 0.498 e. The summed E-state index contributed by atoms with van der Waals surface area (Å²) in [6.45, 7) is 5.64. The maximum atomic E-state index is 6.31. The fraction of sp³-hybridized carbons (Fsp3) is 0.905. The molecule has 0 aromatic carbocycles. The van der Waals surface area contributed by atoms with Crippen LogP contribution in [0, 0.1) is 11.8 Å². The van der Waals surface area contributed by atoms with E-state index in [1.54, 1.807) is 5.57 Å². The highest BCUT2D eigenvalue weighted by Gasteiger charge is 2.27. The number of hydrogen-bond donors (Lipinski definition) is 0. The van der Waals surface area contributed by atoms with Crippen molar-refractivity contribution in [3.8, 4) is 0 Å². The van der Waals surface area contributed by atoms with Gasteiger partial charge in [0, 0.05) is 5.92 Å². The molecule has 2 rings (SSSR count). The predicted octanol–water partition coefficient (Wildman–Crippen LogP) is 7.02. The molecule has 1 heterocycles. The highest BCUT2D eigenvalue weighted by atomic mass is 16.5. The minimum Gasteiger partial charge on any atom is -0.498 e. The Morgan fingerprint density at radius 3 is 2.27 bits per heavy atom. The van der Waals surface area contributed by atoms with Crippen molar-refractivity contribution in [3.05, 3.63) is 11.3 Å². The molecule has 0 radical (unpaired) electrons. The fourth-order valence-corrected chi connectivity index (χ4v) is 4.46. The molecular formula is C21H38O. The number of rotatable bonds is 5. The zero-order chi connectivity index (χ0) is 15.6. The molecule has 1 aliphatic heterocycles. The van der Waals surface area contributed by atoms with Crippen LogP contribution in [-0.2, 0) is 4.74 Å². The Labute approximate surface area is 138 Å². The number of allylic oxidation sites excluding steroid dienone is 2. The van der Waals surface area contributed by atoms with Crippen LogP contribution in [0.25, 0.3) is 0 Å². The van der Waals surface area contributed by atoms with Crippen molar-refractivity contribution in [2.75, 3.05) is 6.61 Å². The van der Waals surface area contributed by atoms with E-state index in [9.17, 15) is 0 Å². The van der Waals surface area contributed by atoms with Crippen molar-refractivity contribution < 1.29 is 4.74 Å². The fourth-order valence-electron chi connectivity index (χ4n) is 4.46. The van der Waals surface area contributed by atoms with Crippen molar-refractivity contribution in [2.24, 2.45) is 11.8 Å². The molecule has 2 unspecified atom stereocenters. The van der Waals surface area contributed by atoms with Gasteiger partial charge in [-0.15, -0.1) is 0 Å². The summed E-state index contributed by atoms with van der Waals surface area (Å²) in [5, 5.41) is 0. The van der Waals surface area contributed by atoms with E-state index in [0.717, 1.165) is 18.4 Å². The molecular weight excluding hydrogens is 268 g/mol. The van der Waals surface area contributed by atoms with Crippen LogP contribution in [0.4, 0.5) is 0 Å². The molecule has 2 aliphatic rings. The van der Waals surface area contributed by atoms with E-state index < -0.39 is 0 Å². The smallest absolute Gasteiger partial charge is 0.0985 e. The number of ether oxygens (including phenoxy) is 1. The van der Waals surface area contributed by atoms with Crippen LogP contribution in [-0.4, -0.2) is 6.61 Å². The van der Waals surface area contributed by atoms with E-state index >= 15 is 0 Å². The second kappa shape index (κ2) is 10.3. The maximum Gasteiger partial charge on any atom is 0.0985 e. The third-order valence-corrected chi connectivity index (χ3v) is 5.68. The van der Waals surface area contributed by atoms with Gasteiger partial charge in [0.05, 0.1) is 12.4 Å². The van der Waals surface area contributed by atoms with Gasteiger partial charge in [-0.3, -0.25) is 0 Å². The predicted molar refractivity (Wildman–Crippen MR) is 95.9 cm³/mol. The van der Waals surface area contributed by atoms with Gasteiger partial charge >= 0.3 is 0 Å². The second-order valence-electron chi connectivity index (χ2n) is 7.51. The normalized spacial score (nSPS) is 27.7. The van der Waals surface area contributed by atoms with Gasteiger partial charge in [-0.2, -0.15) is 0 Å². The molecule has 0 fully saturated rings. The molecule has 1 aliphatic carbocycles. The molecule has 0 aromatic heterocycles. The van der Waals surface area contributed by atoms with Crippen molar-refractivity contribution in [2.45, 2.75) is 104 Å². The lowest BCUT2D eigenvalue weighted by atomic mass is 9.81. The topological polar surface area (TPSA) is 9.23 Å². The molecule has 128 valence electrons. The molecule has 0 amide bonds. The molecule has 0 saturated carbocycles. The zero-order valence-corrected chi connectivity index (χ0v) is 15.2.